The highest BCUT2D eigenvalue weighted by molar-refractivity contribution is 14.1. The van der Waals surface area contributed by atoms with Gasteiger partial charge in [-0.1, -0.05) is 0 Å². The van der Waals surface area contributed by atoms with E-state index in [0.717, 1.165) is 3.57 Å². The van der Waals surface area contributed by atoms with Crippen molar-refractivity contribution in [3.05, 3.63) is 15.3 Å². The van der Waals surface area contributed by atoms with E-state index in [1.165, 1.54) is 0 Å². The topological polar surface area (TPSA) is 64.9 Å². The number of hydrogen-bond donors (Lipinski definition) is 2. The first-order chi connectivity index (χ1) is 5.66. The van der Waals surface area contributed by atoms with Crippen LogP contribution in [0.2, 0.25) is 0 Å². The Morgan fingerprint density at radius 2 is 2.17 bits per heavy atom. The van der Waals surface area contributed by atoms with Crippen molar-refractivity contribution in [3.8, 4) is 0 Å². The van der Waals surface area contributed by atoms with Gasteiger partial charge in [0.25, 0.3) is 0 Å². The summed E-state index contributed by atoms with van der Waals surface area (Å²) in [6.07, 6.45) is 1.81. The zero-order valence-corrected chi connectivity index (χ0v) is 8.51. The second-order valence-electron chi connectivity index (χ2n) is 2.32. The lowest BCUT2D eigenvalue weighted by atomic mass is 10.1. The predicted octanol–water partition coefficient (Wildman–Crippen LogP) is 1.36. The van der Waals surface area contributed by atoms with E-state index in [1.807, 2.05) is 22.6 Å². The van der Waals surface area contributed by atoms with E-state index in [0.29, 0.717) is 17.1 Å². The molecule has 0 saturated carbocycles. The normalized spacial score (nSPS) is 10.2. The van der Waals surface area contributed by atoms with Gasteiger partial charge in [-0.2, -0.15) is 0 Å². The molecule has 3 nitrogen and oxygen atoms in total. The molecular formula is C7H9FIN3. The van der Waals surface area contributed by atoms with Crippen LogP contribution in [0.4, 0.5) is 15.9 Å². The van der Waals surface area contributed by atoms with Gasteiger partial charge in [-0.25, -0.2) is 4.98 Å². The number of aromatic nitrogens is 1. The maximum absolute atomic E-state index is 12.0. The Bertz CT molecular complexity index is 290. The van der Waals surface area contributed by atoms with Crippen LogP contribution in [0, 0.1) is 3.57 Å². The summed E-state index contributed by atoms with van der Waals surface area (Å²) < 4.78 is 12.8. The van der Waals surface area contributed by atoms with E-state index in [9.17, 15) is 4.39 Å². The summed E-state index contributed by atoms with van der Waals surface area (Å²) in [5, 5.41) is 0. The number of alkyl halides is 1. The van der Waals surface area contributed by atoms with Gasteiger partial charge in [0, 0.05) is 18.2 Å². The third kappa shape index (κ3) is 1.77. The smallest absolute Gasteiger partial charge is 0.128 e. The fourth-order valence-electron chi connectivity index (χ4n) is 0.913. The number of nitrogens with zero attached hydrogens (tertiary/aromatic N) is 1. The molecule has 0 bridgehead atoms. The first-order valence-corrected chi connectivity index (χ1v) is 4.49. The Hall–Kier alpha value is -0.590. The van der Waals surface area contributed by atoms with Crippen molar-refractivity contribution in [2.45, 2.75) is 6.42 Å². The van der Waals surface area contributed by atoms with Crippen LogP contribution in [0.1, 0.15) is 5.56 Å². The quantitative estimate of drug-likeness (QED) is 0.804. The van der Waals surface area contributed by atoms with Crippen molar-refractivity contribution >= 4 is 34.1 Å². The number of nitrogens with two attached hydrogens (primary N) is 2. The molecule has 1 aromatic heterocycles. The van der Waals surface area contributed by atoms with Crippen LogP contribution in [-0.2, 0) is 6.42 Å². The Morgan fingerprint density at radius 3 is 2.75 bits per heavy atom. The van der Waals surface area contributed by atoms with Gasteiger partial charge in [0.1, 0.15) is 5.82 Å². The fourth-order valence-corrected chi connectivity index (χ4v) is 1.38. The molecule has 1 aromatic rings. The molecule has 0 radical (unpaired) electrons. The highest BCUT2D eigenvalue weighted by atomic mass is 127. The first-order valence-electron chi connectivity index (χ1n) is 3.41. The molecule has 0 unspecified atom stereocenters. The molecule has 0 aliphatic rings. The summed E-state index contributed by atoms with van der Waals surface area (Å²) in [7, 11) is 0. The molecule has 0 amide bonds. The predicted molar refractivity (Wildman–Crippen MR) is 55.5 cm³/mol. The van der Waals surface area contributed by atoms with Gasteiger partial charge in [-0.15, -0.1) is 0 Å². The highest BCUT2D eigenvalue weighted by Gasteiger charge is 2.07. The maximum atomic E-state index is 12.0. The maximum Gasteiger partial charge on any atom is 0.128 e. The van der Waals surface area contributed by atoms with E-state index in [-0.39, 0.29) is 6.42 Å². The van der Waals surface area contributed by atoms with E-state index >= 15 is 0 Å². The van der Waals surface area contributed by atoms with E-state index in [1.54, 1.807) is 6.20 Å². The first kappa shape index (κ1) is 9.50. The summed E-state index contributed by atoms with van der Waals surface area (Å²) >= 11 is 2.04. The summed E-state index contributed by atoms with van der Waals surface area (Å²) in [4.78, 5) is 3.88. The number of nitrogen functional groups attached to an aromatic ring is 2. The van der Waals surface area contributed by atoms with E-state index in [2.05, 4.69) is 4.98 Å². The molecule has 0 saturated heterocycles. The summed E-state index contributed by atoms with van der Waals surface area (Å²) in [6, 6.07) is 0. The molecule has 0 aromatic carbocycles. The monoisotopic (exact) mass is 281 g/mol. The average molecular weight is 281 g/mol. The molecule has 0 spiro atoms. The van der Waals surface area contributed by atoms with Gasteiger partial charge in [0.15, 0.2) is 0 Å². The van der Waals surface area contributed by atoms with Gasteiger partial charge in [0.05, 0.1) is 15.9 Å². The summed E-state index contributed by atoms with van der Waals surface area (Å²) in [6.45, 7) is -0.462. The van der Waals surface area contributed by atoms with Crippen molar-refractivity contribution in [1.82, 2.24) is 4.98 Å². The van der Waals surface area contributed by atoms with Crippen molar-refractivity contribution in [1.29, 1.82) is 0 Å². The molecule has 1 heterocycles. The van der Waals surface area contributed by atoms with Crippen LogP contribution >= 0.6 is 22.6 Å². The molecular weight excluding hydrogens is 272 g/mol. The molecule has 5 heteroatoms. The van der Waals surface area contributed by atoms with Crippen molar-refractivity contribution in [2.75, 3.05) is 18.1 Å². The van der Waals surface area contributed by atoms with Gasteiger partial charge in [-0.3, -0.25) is 4.39 Å². The zero-order chi connectivity index (χ0) is 9.14. The highest BCUT2D eigenvalue weighted by Crippen LogP contribution is 2.23. The van der Waals surface area contributed by atoms with E-state index < -0.39 is 6.67 Å². The SMILES string of the molecule is Nc1ncc(I)c(N)c1CCF. The zero-order valence-electron chi connectivity index (χ0n) is 6.35. The van der Waals surface area contributed by atoms with Crippen LogP contribution in [0.15, 0.2) is 6.20 Å². The Balaban J connectivity index is 3.14. The van der Waals surface area contributed by atoms with Crippen LogP contribution in [-0.4, -0.2) is 11.7 Å². The fraction of sp³-hybridized carbons (Fsp3) is 0.286. The Morgan fingerprint density at radius 1 is 1.50 bits per heavy atom. The standard InChI is InChI=1S/C7H9FIN3/c8-2-1-4-6(10)5(9)3-12-7(4)11/h3H,1-2H2,(H4,10,11,12). The Labute approximate surface area is 83.5 Å². The molecule has 0 atom stereocenters. The molecule has 1 rings (SSSR count). The summed E-state index contributed by atoms with van der Waals surface area (Å²) in [5.74, 6) is 0.325. The molecule has 0 fully saturated rings. The van der Waals surface area contributed by atoms with Crippen LogP contribution in [0.25, 0.3) is 0 Å². The van der Waals surface area contributed by atoms with E-state index in [4.69, 9.17) is 11.5 Å². The second kappa shape index (κ2) is 3.88. The number of rotatable bonds is 2. The van der Waals surface area contributed by atoms with Gasteiger partial charge >= 0.3 is 0 Å². The number of pyridine rings is 1. The molecule has 0 aliphatic carbocycles. The van der Waals surface area contributed by atoms with Crippen LogP contribution in [0.3, 0.4) is 0 Å². The lowest BCUT2D eigenvalue weighted by Gasteiger charge is -2.07. The van der Waals surface area contributed by atoms with Crippen molar-refractivity contribution < 1.29 is 4.39 Å². The lowest BCUT2D eigenvalue weighted by molar-refractivity contribution is 0.496. The van der Waals surface area contributed by atoms with Crippen molar-refractivity contribution in [3.63, 3.8) is 0 Å². The average Bonchev–Trinajstić information content (AvgIpc) is 2.06. The van der Waals surface area contributed by atoms with Crippen LogP contribution < -0.4 is 11.5 Å². The minimum Gasteiger partial charge on any atom is -0.397 e. The second-order valence-corrected chi connectivity index (χ2v) is 3.48. The minimum absolute atomic E-state index is 0.238. The largest absolute Gasteiger partial charge is 0.397 e. The number of hydrogen-bond acceptors (Lipinski definition) is 3. The molecule has 0 aliphatic heterocycles. The van der Waals surface area contributed by atoms with Crippen LogP contribution in [0.5, 0.6) is 0 Å². The summed E-state index contributed by atoms with van der Waals surface area (Å²) in [5.41, 5.74) is 12.3. The number of anilines is 2. The molecule has 66 valence electrons. The van der Waals surface area contributed by atoms with Gasteiger partial charge < -0.3 is 11.5 Å². The van der Waals surface area contributed by atoms with Gasteiger partial charge in [0.2, 0.25) is 0 Å². The Kier molecular flexibility index (Phi) is 3.07. The third-order valence-corrected chi connectivity index (χ3v) is 2.41. The van der Waals surface area contributed by atoms with Gasteiger partial charge in [-0.05, 0) is 22.6 Å². The number of halogens is 2. The van der Waals surface area contributed by atoms with Crippen molar-refractivity contribution in [2.24, 2.45) is 0 Å². The molecule has 4 N–H and O–H groups in total. The third-order valence-electron chi connectivity index (χ3n) is 1.55. The minimum atomic E-state index is -0.462. The molecule has 12 heavy (non-hydrogen) atoms. The lowest BCUT2D eigenvalue weighted by Crippen LogP contribution is -2.05.